The van der Waals surface area contributed by atoms with E-state index in [4.69, 9.17) is 20.7 Å². The van der Waals surface area contributed by atoms with Gasteiger partial charge in [-0.05, 0) is 0 Å². The van der Waals surface area contributed by atoms with Gasteiger partial charge < -0.3 is 0 Å². The Labute approximate surface area is 249 Å². The summed E-state index contributed by atoms with van der Waals surface area (Å²) in [4.78, 5) is 0. The summed E-state index contributed by atoms with van der Waals surface area (Å²) in [7, 11) is 0. The first-order valence-electron chi connectivity index (χ1n) is 15.5. The summed E-state index contributed by atoms with van der Waals surface area (Å²) in [5.41, 5.74) is 3.85. The summed E-state index contributed by atoms with van der Waals surface area (Å²) in [5, 5.41) is 3.97. The van der Waals surface area contributed by atoms with Crippen molar-refractivity contribution in [3.63, 3.8) is 0 Å². The predicted octanol–water partition coefficient (Wildman–Crippen LogP) is 9.51. The van der Waals surface area contributed by atoms with E-state index >= 15 is 0 Å². The van der Waals surface area contributed by atoms with Gasteiger partial charge in [-0.3, -0.25) is 0 Å². The second-order valence-electron chi connectivity index (χ2n) is 11.3. The van der Waals surface area contributed by atoms with Crippen LogP contribution in [-0.4, -0.2) is 25.7 Å². The fourth-order valence-corrected chi connectivity index (χ4v) is 14.2. The van der Waals surface area contributed by atoms with Gasteiger partial charge in [-0.25, -0.2) is 0 Å². The van der Waals surface area contributed by atoms with Crippen LogP contribution in [0.4, 0.5) is 0 Å². The van der Waals surface area contributed by atoms with Crippen LogP contribution >= 0.6 is 17.2 Å². The molecule has 0 saturated heterocycles. The van der Waals surface area contributed by atoms with Gasteiger partial charge in [-0.2, -0.15) is 0 Å². The number of aryl methyl sites for hydroxylation is 3. The van der Waals surface area contributed by atoms with Crippen LogP contribution in [0.3, 0.4) is 0 Å². The minimum absolute atomic E-state index is 0.0420. The molecule has 0 aliphatic heterocycles. The van der Waals surface area contributed by atoms with Crippen LogP contribution in [0, 0.1) is 20.8 Å². The van der Waals surface area contributed by atoms with Gasteiger partial charge in [0.05, 0.1) is 0 Å². The summed E-state index contributed by atoms with van der Waals surface area (Å²) in [6.07, 6.45) is 11.1. The van der Waals surface area contributed by atoms with Crippen molar-refractivity contribution in [2.75, 3.05) is 19.4 Å². The first-order chi connectivity index (χ1) is 19.4. The fourth-order valence-electron chi connectivity index (χ4n) is 6.15. The number of halogens is 1. The van der Waals surface area contributed by atoms with Crippen LogP contribution in [0.15, 0.2) is 72.8 Å². The zero-order valence-corrected chi connectivity index (χ0v) is 27.3. The van der Waals surface area contributed by atoms with Crippen molar-refractivity contribution < 1.29 is 9.47 Å². The van der Waals surface area contributed by atoms with Gasteiger partial charge in [0.1, 0.15) is 0 Å². The van der Waals surface area contributed by atoms with E-state index in [9.17, 15) is 0 Å². The standard InChI is InChI=1S/C36H52ClO2P/c1-6-27-38-36(39-28-7-2)26-12-10-8-9-11-19-29-40(37,33-23-16-13-20-30(33)3,34-24-17-14-21-31(34)4)35-25-18-15-22-32(35)5/h13-18,20-25,36H,6-12,19,26-29H2,1-5H3. The van der Waals surface area contributed by atoms with Crippen molar-refractivity contribution in [1.29, 1.82) is 0 Å². The summed E-state index contributed by atoms with van der Waals surface area (Å²) in [6, 6.07) is 26.5. The molecular weight excluding hydrogens is 531 g/mol. The smallest absolute Gasteiger partial charge is 0.0632 e. The Morgan fingerprint density at radius 1 is 0.575 bits per heavy atom. The second kappa shape index (κ2) is 16.1. The molecule has 0 aliphatic carbocycles. The normalized spacial score (nSPS) is 12.9. The molecule has 0 aromatic heterocycles. The Hall–Kier alpha value is -1.70. The number of hydrogen-bond donors (Lipinski definition) is 0. The summed E-state index contributed by atoms with van der Waals surface area (Å²) in [5.74, 6) is -3.26. The van der Waals surface area contributed by atoms with Gasteiger partial charge in [0.25, 0.3) is 0 Å². The first-order valence-corrected chi connectivity index (χ1v) is 18.8. The molecule has 3 rings (SSSR count). The van der Waals surface area contributed by atoms with Crippen molar-refractivity contribution in [2.45, 2.75) is 98.7 Å². The van der Waals surface area contributed by atoms with Gasteiger partial charge in [0, 0.05) is 0 Å². The van der Waals surface area contributed by atoms with Crippen molar-refractivity contribution >= 4 is 33.1 Å². The van der Waals surface area contributed by atoms with Crippen LogP contribution < -0.4 is 15.9 Å². The Bertz CT molecular complexity index is 1060. The van der Waals surface area contributed by atoms with Crippen molar-refractivity contribution in [2.24, 2.45) is 0 Å². The number of rotatable bonds is 18. The Balaban J connectivity index is 1.77. The third-order valence-electron chi connectivity index (χ3n) is 8.14. The SMILES string of the molecule is CCCOC(CCCCCCCCP(Cl)(c1ccccc1C)(c1ccccc1C)c1ccccc1C)OCCC. The van der Waals surface area contributed by atoms with Gasteiger partial charge in [0.2, 0.25) is 0 Å². The molecule has 40 heavy (non-hydrogen) atoms. The van der Waals surface area contributed by atoms with Crippen LogP contribution in [0.5, 0.6) is 0 Å². The van der Waals surface area contributed by atoms with E-state index in [0.29, 0.717) is 0 Å². The van der Waals surface area contributed by atoms with E-state index in [2.05, 4.69) is 107 Å². The van der Waals surface area contributed by atoms with Gasteiger partial charge in [-0.1, -0.05) is 13.8 Å². The monoisotopic (exact) mass is 582 g/mol. The summed E-state index contributed by atoms with van der Waals surface area (Å²) in [6.45, 7) is 12.6. The van der Waals surface area contributed by atoms with Gasteiger partial charge in [-0.15, -0.1) is 0 Å². The zero-order chi connectivity index (χ0) is 28.9. The topological polar surface area (TPSA) is 18.5 Å². The molecule has 3 aromatic carbocycles. The molecule has 2 nitrogen and oxygen atoms in total. The second-order valence-corrected chi connectivity index (χ2v) is 17.8. The van der Waals surface area contributed by atoms with E-state index in [0.717, 1.165) is 51.5 Å². The molecule has 0 saturated carbocycles. The molecule has 0 atom stereocenters. The number of hydrogen-bond acceptors (Lipinski definition) is 2. The number of benzene rings is 3. The van der Waals surface area contributed by atoms with Crippen LogP contribution in [0.25, 0.3) is 0 Å². The first kappa shape index (κ1) is 32.8. The third-order valence-corrected chi connectivity index (χ3v) is 16.0. The van der Waals surface area contributed by atoms with E-state index in [-0.39, 0.29) is 6.29 Å². The predicted molar refractivity (Wildman–Crippen MR) is 179 cm³/mol. The Morgan fingerprint density at radius 3 is 1.35 bits per heavy atom. The maximum atomic E-state index is 8.47. The van der Waals surface area contributed by atoms with E-state index < -0.39 is 5.96 Å². The zero-order valence-electron chi connectivity index (χ0n) is 25.6. The van der Waals surface area contributed by atoms with Crippen molar-refractivity contribution in [3.8, 4) is 0 Å². The quantitative estimate of drug-likeness (QED) is 0.0844. The minimum Gasteiger partial charge on any atom is -0.0632 e. The molecule has 0 amide bonds. The molecule has 0 fully saturated rings. The molecule has 0 spiro atoms. The fraction of sp³-hybridized carbons (Fsp3) is 0.500. The molecule has 0 radical (unpaired) electrons. The molecule has 0 aliphatic rings. The van der Waals surface area contributed by atoms with Gasteiger partial charge >= 0.3 is 236 Å². The molecular formula is C36H52ClO2P. The average molecular weight is 583 g/mol. The number of ether oxygens (including phenoxy) is 2. The van der Waals surface area contributed by atoms with E-state index in [1.165, 1.54) is 58.3 Å². The molecule has 220 valence electrons. The Kier molecular flexibility index (Phi) is 13.2. The third kappa shape index (κ3) is 7.77. The molecule has 0 unspecified atom stereocenters. The molecule has 0 bridgehead atoms. The molecule has 4 heteroatoms. The van der Waals surface area contributed by atoms with Gasteiger partial charge in [0.15, 0.2) is 0 Å². The van der Waals surface area contributed by atoms with E-state index in [1.54, 1.807) is 0 Å². The number of unbranched alkanes of at least 4 members (excludes halogenated alkanes) is 5. The van der Waals surface area contributed by atoms with Crippen LogP contribution in [0.2, 0.25) is 0 Å². The van der Waals surface area contributed by atoms with Crippen LogP contribution in [0.1, 0.15) is 88.3 Å². The van der Waals surface area contributed by atoms with E-state index in [1.807, 2.05) is 0 Å². The van der Waals surface area contributed by atoms with Crippen molar-refractivity contribution in [1.82, 2.24) is 0 Å². The summed E-state index contributed by atoms with van der Waals surface area (Å²) >= 11 is 8.47. The molecule has 0 N–H and O–H groups in total. The maximum absolute atomic E-state index is 8.47. The molecule has 0 heterocycles. The minimum atomic E-state index is -3.26. The average Bonchev–Trinajstić information content (AvgIpc) is 2.96. The Morgan fingerprint density at radius 2 is 0.950 bits per heavy atom. The summed E-state index contributed by atoms with van der Waals surface area (Å²) < 4.78 is 11.8. The van der Waals surface area contributed by atoms with Crippen molar-refractivity contribution in [3.05, 3.63) is 89.5 Å². The molecule has 3 aromatic rings. The van der Waals surface area contributed by atoms with Crippen LogP contribution in [-0.2, 0) is 9.47 Å².